The van der Waals surface area contributed by atoms with Crippen LogP contribution in [0.15, 0.2) is 48.9 Å². The Balaban J connectivity index is 1.50. The van der Waals surface area contributed by atoms with Crippen molar-refractivity contribution in [2.75, 3.05) is 5.32 Å². The molecule has 3 N–H and O–H groups in total. The van der Waals surface area contributed by atoms with Gasteiger partial charge in [0.05, 0.1) is 46.3 Å². The first-order valence-corrected chi connectivity index (χ1v) is 10.9. The molecule has 0 unspecified atom stereocenters. The summed E-state index contributed by atoms with van der Waals surface area (Å²) >= 11 is 0. The van der Waals surface area contributed by atoms with Crippen molar-refractivity contribution in [3.05, 3.63) is 71.7 Å². The Bertz CT molecular complexity index is 1440. The molecular weight excluding hydrogens is 451 g/mol. The first kappa shape index (κ1) is 23.8. The fourth-order valence-corrected chi connectivity index (χ4v) is 3.47. The molecule has 10 heteroatoms. The molecule has 4 rings (SSSR count). The fourth-order valence-electron chi connectivity index (χ4n) is 3.47. The highest BCUT2D eigenvalue weighted by molar-refractivity contribution is 5.98. The van der Waals surface area contributed by atoms with Crippen molar-refractivity contribution in [3.8, 4) is 11.5 Å². The predicted octanol–water partition coefficient (Wildman–Crippen LogP) is 4.10. The number of nitrogens with one attached hydrogen (secondary N) is 1. The minimum Gasteiger partial charge on any atom is -0.455 e. The van der Waals surface area contributed by atoms with Crippen LogP contribution in [0.2, 0.25) is 0 Å². The highest BCUT2D eigenvalue weighted by Gasteiger charge is 2.17. The molecule has 0 radical (unpaired) electrons. The second-order valence-corrected chi connectivity index (χ2v) is 9.08. The van der Waals surface area contributed by atoms with E-state index in [0.717, 1.165) is 6.07 Å². The fraction of sp³-hybridized carbons (Fsp3) is 0.240. The number of halogens is 1. The Morgan fingerprint density at radius 1 is 1.17 bits per heavy atom. The molecule has 0 aliphatic heterocycles. The van der Waals surface area contributed by atoms with Crippen LogP contribution in [0.3, 0.4) is 0 Å². The number of hydrogen-bond donors (Lipinski definition) is 2. The number of ether oxygens (including phenoxy) is 1. The number of carbonyl (C=O) groups is 2. The van der Waals surface area contributed by atoms with E-state index in [9.17, 15) is 14.0 Å². The van der Waals surface area contributed by atoms with Gasteiger partial charge in [-0.25, -0.2) is 4.39 Å². The van der Waals surface area contributed by atoms with Crippen LogP contribution >= 0.6 is 0 Å². The van der Waals surface area contributed by atoms with Gasteiger partial charge in [-0.05, 0) is 52.0 Å². The van der Waals surface area contributed by atoms with Crippen LogP contribution in [-0.2, 0) is 16.8 Å². The molecule has 0 fully saturated rings. The summed E-state index contributed by atoms with van der Waals surface area (Å²) in [6.45, 7) is 7.81. The molecule has 0 saturated heterocycles. The molecular formula is C25H25FN6O3. The molecule has 3 aromatic heterocycles. The lowest BCUT2D eigenvalue weighted by Gasteiger charge is -2.18. The number of nitrogens with two attached hydrogens (primary N) is 1. The number of rotatable bonds is 6. The normalized spacial score (nSPS) is 11.5. The van der Waals surface area contributed by atoms with Gasteiger partial charge in [0.1, 0.15) is 17.3 Å². The van der Waals surface area contributed by atoms with Crippen molar-refractivity contribution in [2.45, 2.75) is 39.7 Å². The molecule has 1 aromatic carbocycles. The number of anilines is 1. The highest BCUT2D eigenvalue weighted by atomic mass is 19.1. The van der Waals surface area contributed by atoms with Crippen molar-refractivity contribution in [1.29, 1.82) is 0 Å². The van der Waals surface area contributed by atoms with Gasteiger partial charge in [0, 0.05) is 23.8 Å². The molecule has 4 aromatic rings. The largest absolute Gasteiger partial charge is 0.455 e. The summed E-state index contributed by atoms with van der Waals surface area (Å²) < 4.78 is 21.9. The zero-order valence-corrected chi connectivity index (χ0v) is 19.8. The highest BCUT2D eigenvalue weighted by Crippen LogP contribution is 2.31. The van der Waals surface area contributed by atoms with E-state index in [1.807, 2.05) is 20.8 Å². The lowest BCUT2D eigenvalue weighted by atomic mass is 10.1. The number of hydrogen-bond acceptors (Lipinski definition) is 6. The Labute approximate surface area is 201 Å². The monoisotopic (exact) mass is 476 g/mol. The second kappa shape index (κ2) is 9.13. The summed E-state index contributed by atoms with van der Waals surface area (Å²) in [6.07, 6.45) is 4.93. The summed E-state index contributed by atoms with van der Waals surface area (Å²) in [4.78, 5) is 32.6. The van der Waals surface area contributed by atoms with Crippen molar-refractivity contribution in [2.24, 2.45) is 5.73 Å². The van der Waals surface area contributed by atoms with Gasteiger partial charge in [0.25, 0.3) is 5.91 Å². The summed E-state index contributed by atoms with van der Waals surface area (Å²) in [6, 6.07) is 7.45. The third-order valence-corrected chi connectivity index (χ3v) is 5.27. The van der Waals surface area contributed by atoms with Crippen molar-refractivity contribution < 1.29 is 18.7 Å². The number of carbonyl (C=O) groups excluding carboxylic acids is 2. The number of aryl methyl sites for hydroxylation is 1. The molecule has 3 heterocycles. The maximum atomic E-state index is 14.1. The van der Waals surface area contributed by atoms with E-state index in [0.29, 0.717) is 39.5 Å². The number of nitrogens with zero attached hydrogens (tertiary/aromatic N) is 4. The quantitative estimate of drug-likeness (QED) is 0.432. The van der Waals surface area contributed by atoms with Crippen LogP contribution in [0.1, 0.15) is 42.5 Å². The zero-order chi connectivity index (χ0) is 25.3. The molecule has 0 aliphatic rings. The number of amides is 2. The SMILES string of the molecule is Cc1nc(CC(=O)Nc2cnn(C(C)(C)C)c2)ccc1Oc1ccnc2cc(F)c(C(N)=O)cc12. The van der Waals surface area contributed by atoms with Crippen LogP contribution in [0.5, 0.6) is 11.5 Å². The van der Waals surface area contributed by atoms with Crippen molar-refractivity contribution in [3.63, 3.8) is 0 Å². The average Bonchev–Trinajstić information content (AvgIpc) is 3.24. The maximum Gasteiger partial charge on any atom is 0.251 e. The van der Waals surface area contributed by atoms with Gasteiger partial charge in [-0.2, -0.15) is 5.10 Å². The van der Waals surface area contributed by atoms with E-state index >= 15 is 0 Å². The first-order chi connectivity index (χ1) is 16.5. The van der Waals surface area contributed by atoms with Crippen LogP contribution in [-0.4, -0.2) is 31.6 Å². The van der Waals surface area contributed by atoms with Gasteiger partial charge in [-0.1, -0.05) is 0 Å². The van der Waals surface area contributed by atoms with Crippen molar-refractivity contribution in [1.82, 2.24) is 19.7 Å². The van der Waals surface area contributed by atoms with E-state index in [4.69, 9.17) is 10.5 Å². The third kappa shape index (κ3) is 5.26. The Morgan fingerprint density at radius 3 is 2.60 bits per heavy atom. The Morgan fingerprint density at radius 2 is 1.94 bits per heavy atom. The molecule has 35 heavy (non-hydrogen) atoms. The second-order valence-electron chi connectivity index (χ2n) is 9.08. The van der Waals surface area contributed by atoms with Crippen LogP contribution in [0.4, 0.5) is 10.1 Å². The minimum absolute atomic E-state index is 0.0707. The molecule has 180 valence electrons. The first-order valence-electron chi connectivity index (χ1n) is 10.9. The number of aromatic nitrogens is 4. The predicted molar refractivity (Wildman–Crippen MR) is 129 cm³/mol. The van der Waals surface area contributed by atoms with Gasteiger partial charge in [0.15, 0.2) is 0 Å². The van der Waals surface area contributed by atoms with Gasteiger partial charge in [0.2, 0.25) is 5.91 Å². The number of pyridine rings is 2. The average molecular weight is 477 g/mol. The summed E-state index contributed by atoms with van der Waals surface area (Å²) in [5.74, 6) is -1.05. The van der Waals surface area contributed by atoms with E-state index in [1.165, 1.54) is 12.3 Å². The van der Waals surface area contributed by atoms with E-state index < -0.39 is 11.7 Å². The summed E-state index contributed by atoms with van der Waals surface area (Å²) in [5, 5.41) is 7.53. The molecule has 9 nitrogen and oxygen atoms in total. The molecule has 0 atom stereocenters. The van der Waals surface area contributed by atoms with Gasteiger partial charge < -0.3 is 15.8 Å². The number of benzene rings is 1. The molecule has 0 aliphatic carbocycles. The molecule has 0 bridgehead atoms. The van der Waals surface area contributed by atoms with Crippen LogP contribution < -0.4 is 15.8 Å². The smallest absolute Gasteiger partial charge is 0.251 e. The maximum absolute atomic E-state index is 14.1. The van der Waals surface area contributed by atoms with E-state index in [1.54, 1.807) is 42.2 Å². The Kier molecular flexibility index (Phi) is 6.21. The van der Waals surface area contributed by atoms with Crippen molar-refractivity contribution >= 4 is 28.4 Å². The lowest BCUT2D eigenvalue weighted by molar-refractivity contribution is -0.115. The molecule has 2 amide bonds. The minimum atomic E-state index is -0.884. The van der Waals surface area contributed by atoms with Gasteiger partial charge in [-0.15, -0.1) is 0 Å². The van der Waals surface area contributed by atoms with E-state index in [-0.39, 0.29) is 23.4 Å². The Hall–Kier alpha value is -4.34. The van der Waals surface area contributed by atoms with Gasteiger partial charge in [-0.3, -0.25) is 24.2 Å². The summed E-state index contributed by atoms with van der Waals surface area (Å²) in [7, 11) is 0. The molecule has 0 saturated carbocycles. The number of fused-ring (bicyclic) bond motifs is 1. The summed E-state index contributed by atoms with van der Waals surface area (Å²) in [5.41, 5.74) is 6.88. The molecule has 0 spiro atoms. The third-order valence-electron chi connectivity index (χ3n) is 5.27. The topological polar surface area (TPSA) is 125 Å². The standard InChI is InChI=1S/C25H25FN6O3/c1-14-21(35-22-7-8-28-20-11-19(26)17(24(27)34)10-18(20)22)6-5-15(30-14)9-23(33)31-16-12-29-32(13-16)25(2,3)4/h5-8,10-13H,9H2,1-4H3,(H2,27,34)(H,31,33). The van der Waals surface area contributed by atoms with Crippen LogP contribution in [0.25, 0.3) is 10.9 Å². The zero-order valence-electron chi connectivity index (χ0n) is 19.8. The number of primary amides is 1. The van der Waals surface area contributed by atoms with E-state index in [2.05, 4.69) is 20.4 Å². The lowest BCUT2D eigenvalue weighted by Crippen LogP contribution is -2.22. The van der Waals surface area contributed by atoms with Crippen LogP contribution in [0, 0.1) is 12.7 Å². The van der Waals surface area contributed by atoms with Gasteiger partial charge >= 0.3 is 0 Å².